The first kappa shape index (κ1) is 32.8. The monoisotopic (exact) mass is 548 g/mol. The first-order valence-electron chi connectivity index (χ1n) is 13.4. The van der Waals surface area contributed by atoms with Gasteiger partial charge in [-0.25, -0.2) is 0 Å². The molecule has 0 aliphatic rings. The summed E-state index contributed by atoms with van der Waals surface area (Å²) >= 11 is 0. The van der Waals surface area contributed by atoms with Crippen LogP contribution in [-0.4, -0.2) is 35.9 Å². The standard InChI is InChI=1S/C26H50O6P2Si/c1-8-13-14-15-16-19-26(6,7)35-25-20-23(21-33(27,29-9-2)30-10-3)17-18-24(25)22-34(28,31-11-4)32-12-5/h17-18,20H,8-16,19,21-22,35H2,1-7H3. The van der Waals surface area contributed by atoms with Gasteiger partial charge in [-0.2, -0.15) is 0 Å². The molecule has 0 bridgehead atoms. The van der Waals surface area contributed by atoms with Crippen LogP contribution in [-0.2, 0) is 39.5 Å². The van der Waals surface area contributed by atoms with Crippen LogP contribution in [0.3, 0.4) is 0 Å². The Morgan fingerprint density at radius 2 is 1.26 bits per heavy atom. The van der Waals surface area contributed by atoms with Gasteiger partial charge in [-0.1, -0.05) is 82.7 Å². The number of unbranched alkanes of at least 4 members (excludes halogenated alkanes) is 4. The molecule has 0 heterocycles. The van der Waals surface area contributed by atoms with Crippen LogP contribution in [0, 0.1) is 0 Å². The normalized spacial score (nSPS) is 13.2. The van der Waals surface area contributed by atoms with Crippen molar-refractivity contribution in [1.82, 2.24) is 0 Å². The van der Waals surface area contributed by atoms with E-state index in [4.69, 9.17) is 18.1 Å². The number of rotatable bonds is 20. The van der Waals surface area contributed by atoms with E-state index in [2.05, 4.69) is 26.8 Å². The molecule has 1 aromatic carbocycles. The minimum absolute atomic E-state index is 0.213. The lowest BCUT2D eigenvalue weighted by Gasteiger charge is -2.27. The molecule has 1 rings (SSSR count). The summed E-state index contributed by atoms with van der Waals surface area (Å²) in [6, 6.07) is 6.12. The largest absolute Gasteiger partial charge is 0.335 e. The van der Waals surface area contributed by atoms with Gasteiger partial charge in [0.15, 0.2) is 0 Å². The van der Waals surface area contributed by atoms with Crippen LogP contribution in [0.5, 0.6) is 0 Å². The fourth-order valence-electron chi connectivity index (χ4n) is 4.38. The second kappa shape index (κ2) is 16.6. The van der Waals surface area contributed by atoms with Crippen LogP contribution in [0.2, 0.25) is 5.04 Å². The lowest BCUT2D eigenvalue weighted by atomic mass is 10.0. The molecular formula is C26H50O6P2Si. The predicted molar refractivity (Wildman–Crippen MR) is 151 cm³/mol. The van der Waals surface area contributed by atoms with E-state index >= 15 is 0 Å². The first-order valence-corrected chi connectivity index (χ1v) is 18.3. The fraction of sp³-hybridized carbons (Fsp3) is 0.769. The van der Waals surface area contributed by atoms with Crippen LogP contribution < -0.4 is 5.19 Å². The average Bonchev–Trinajstić information content (AvgIpc) is 2.75. The third kappa shape index (κ3) is 12.7. The molecule has 9 heteroatoms. The Morgan fingerprint density at radius 3 is 1.77 bits per heavy atom. The van der Waals surface area contributed by atoms with E-state index < -0.39 is 24.7 Å². The van der Waals surface area contributed by atoms with Crippen molar-refractivity contribution in [2.75, 3.05) is 26.4 Å². The number of hydrogen-bond acceptors (Lipinski definition) is 6. The maximum absolute atomic E-state index is 13.3. The zero-order valence-corrected chi connectivity index (χ0v) is 26.5. The smallest absolute Gasteiger partial charge is 0.309 e. The van der Waals surface area contributed by atoms with Crippen LogP contribution in [0.4, 0.5) is 0 Å². The van der Waals surface area contributed by atoms with Crippen molar-refractivity contribution >= 4 is 29.9 Å². The van der Waals surface area contributed by atoms with Gasteiger partial charge in [-0.15, -0.1) is 0 Å². The second-order valence-electron chi connectivity index (χ2n) is 9.82. The molecule has 0 unspecified atom stereocenters. The summed E-state index contributed by atoms with van der Waals surface area (Å²) in [6.07, 6.45) is 8.03. The van der Waals surface area contributed by atoms with E-state index in [1.807, 2.05) is 39.8 Å². The summed E-state index contributed by atoms with van der Waals surface area (Å²) in [7, 11) is -7.18. The molecule has 0 saturated carbocycles. The van der Waals surface area contributed by atoms with E-state index in [1.165, 1.54) is 43.7 Å². The summed E-state index contributed by atoms with van der Waals surface area (Å²) in [5, 5.41) is 1.45. The highest BCUT2D eigenvalue weighted by molar-refractivity contribution is 7.53. The molecule has 0 saturated heterocycles. The second-order valence-corrected chi connectivity index (χ2v) is 17.0. The molecule has 0 aromatic heterocycles. The SMILES string of the molecule is CCCCCCCC(C)(C)[SiH2]c1cc(CP(=O)(OCC)OCC)ccc1CP(=O)(OCC)OCC. The van der Waals surface area contributed by atoms with Gasteiger partial charge in [0.2, 0.25) is 0 Å². The lowest BCUT2D eigenvalue weighted by Crippen LogP contribution is -2.29. The molecule has 0 spiro atoms. The quantitative estimate of drug-likeness (QED) is 0.0951. The molecule has 0 radical (unpaired) electrons. The third-order valence-electron chi connectivity index (χ3n) is 5.94. The fourth-order valence-corrected chi connectivity index (χ4v) is 10.3. The molecule has 0 aliphatic heterocycles. The van der Waals surface area contributed by atoms with Gasteiger partial charge in [0.25, 0.3) is 0 Å². The molecule has 0 atom stereocenters. The third-order valence-corrected chi connectivity index (χ3v) is 12.4. The van der Waals surface area contributed by atoms with Gasteiger partial charge >= 0.3 is 15.2 Å². The highest BCUT2D eigenvalue weighted by Crippen LogP contribution is 2.52. The highest BCUT2D eigenvalue weighted by atomic mass is 31.2. The topological polar surface area (TPSA) is 71.1 Å². The van der Waals surface area contributed by atoms with Crippen LogP contribution >= 0.6 is 15.2 Å². The zero-order valence-electron chi connectivity index (χ0n) is 23.3. The van der Waals surface area contributed by atoms with Crippen molar-refractivity contribution in [1.29, 1.82) is 0 Å². The first-order chi connectivity index (χ1) is 16.6. The van der Waals surface area contributed by atoms with Crippen molar-refractivity contribution in [3.63, 3.8) is 0 Å². The minimum Gasteiger partial charge on any atom is -0.309 e. The Hall–Kier alpha value is -0.263. The van der Waals surface area contributed by atoms with E-state index in [-0.39, 0.29) is 17.4 Å². The summed E-state index contributed by atoms with van der Waals surface area (Å²) in [4.78, 5) is 0. The molecule has 204 valence electrons. The molecule has 0 N–H and O–H groups in total. The van der Waals surface area contributed by atoms with Crippen LogP contribution in [0.25, 0.3) is 0 Å². The maximum Gasteiger partial charge on any atom is 0.335 e. The van der Waals surface area contributed by atoms with Gasteiger partial charge < -0.3 is 18.1 Å². The van der Waals surface area contributed by atoms with E-state index in [0.717, 1.165) is 11.1 Å². The summed E-state index contributed by atoms with van der Waals surface area (Å²) in [6.45, 7) is 15.7. The average molecular weight is 549 g/mol. The van der Waals surface area contributed by atoms with Crippen molar-refractivity contribution in [3.8, 4) is 0 Å². The van der Waals surface area contributed by atoms with Gasteiger partial charge in [0.05, 0.1) is 48.3 Å². The Kier molecular flexibility index (Phi) is 15.5. The van der Waals surface area contributed by atoms with E-state index in [1.54, 1.807) is 0 Å². The van der Waals surface area contributed by atoms with Gasteiger partial charge in [-0.05, 0) is 43.9 Å². The molecule has 1 aromatic rings. The Balaban J connectivity index is 3.24. The van der Waals surface area contributed by atoms with Crippen molar-refractivity contribution < 1.29 is 27.2 Å². The molecule has 0 amide bonds. The van der Waals surface area contributed by atoms with Crippen molar-refractivity contribution in [2.24, 2.45) is 0 Å². The summed E-state index contributed by atoms with van der Waals surface area (Å²) < 4.78 is 48.8. The Labute approximate surface area is 217 Å². The van der Waals surface area contributed by atoms with Crippen LogP contribution in [0.15, 0.2) is 18.2 Å². The van der Waals surface area contributed by atoms with Gasteiger partial charge in [0.1, 0.15) is 0 Å². The maximum atomic E-state index is 13.3. The van der Waals surface area contributed by atoms with Gasteiger partial charge in [0, 0.05) is 0 Å². The minimum atomic E-state index is -3.23. The van der Waals surface area contributed by atoms with E-state index in [0.29, 0.717) is 26.4 Å². The molecule has 0 fully saturated rings. The van der Waals surface area contributed by atoms with Crippen LogP contribution in [0.1, 0.15) is 98.1 Å². The number of hydrogen-bond donors (Lipinski definition) is 0. The molecular weight excluding hydrogens is 498 g/mol. The van der Waals surface area contributed by atoms with Crippen molar-refractivity contribution in [3.05, 3.63) is 29.3 Å². The van der Waals surface area contributed by atoms with Crippen molar-refractivity contribution in [2.45, 2.75) is 104 Å². The van der Waals surface area contributed by atoms with Gasteiger partial charge in [-0.3, -0.25) is 9.13 Å². The molecule has 6 nitrogen and oxygen atoms in total. The summed E-state index contributed by atoms with van der Waals surface area (Å²) in [5.41, 5.74) is 1.95. The number of benzene rings is 1. The Bertz CT molecular complexity index is 810. The predicted octanol–water partition coefficient (Wildman–Crippen LogP) is 7.57. The molecule has 35 heavy (non-hydrogen) atoms. The summed E-state index contributed by atoms with van der Waals surface area (Å²) in [5.74, 6) is 0. The Morgan fingerprint density at radius 1 is 0.743 bits per heavy atom. The molecule has 0 aliphatic carbocycles. The highest BCUT2D eigenvalue weighted by Gasteiger charge is 2.29. The zero-order chi connectivity index (χ0) is 26.4. The van der Waals surface area contributed by atoms with E-state index in [9.17, 15) is 9.13 Å². The lowest BCUT2D eigenvalue weighted by molar-refractivity contribution is 0.218.